The zero-order valence-electron chi connectivity index (χ0n) is 33.9. The lowest BCUT2D eigenvalue weighted by Crippen LogP contribution is -2.66. The van der Waals surface area contributed by atoms with Gasteiger partial charge in [-0.1, -0.05) is 84.4 Å². The van der Waals surface area contributed by atoms with Crippen molar-refractivity contribution in [3.8, 4) is 0 Å². The Labute approximate surface area is 317 Å². The summed E-state index contributed by atoms with van der Waals surface area (Å²) in [5.74, 6) is -0.120. The Hall–Kier alpha value is -2.55. The monoisotopic (exact) mass is 733 g/mol. The minimum absolute atomic E-state index is 0.0255. The van der Waals surface area contributed by atoms with Gasteiger partial charge in [-0.3, -0.25) is 14.4 Å². The van der Waals surface area contributed by atoms with Crippen molar-refractivity contribution in [2.45, 2.75) is 145 Å². The Morgan fingerprint density at radius 3 is 2.23 bits per heavy atom. The van der Waals surface area contributed by atoms with Crippen molar-refractivity contribution in [1.29, 1.82) is 0 Å². The molecule has 0 amide bonds. The number of benzene rings is 1. The zero-order chi connectivity index (χ0) is 38.9. The molecule has 1 aromatic rings. The average molecular weight is 734 g/mol. The van der Waals surface area contributed by atoms with Crippen LogP contribution in [0.2, 0.25) is 0 Å². The quantitative estimate of drug-likeness (QED) is 0.168. The van der Waals surface area contributed by atoms with E-state index >= 15 is 0 Å². The predicted octanol–water partition coefficient (Wildman–Crippen LogP) is 8.06. The van der Waals surface area contributed by atoms with Crippen LogP contribution in [0.25, 0.3) is 0 Å². The number of carboxylic acid groups (broad SMARTS) is 1. The Bertz CT molecular complexity index is 1610. The molecule has 0 spiro atoms. The lowest BCUT2D eigenvalue weighted by Gasteiger charge is -2.72. The van der Waals surface area contributed by atoms with E-state index in [0.29, 0.717) is 24.8 Å². The van der Waals surface area contributed by atoms with Gasteiger partial charge in [0.05, 0.1) is 30.6 Å². The molecular formula is C45H67NO7. The van der Waals surface area contributed by atoms with Gasteiger partial charge in [0.1, 0.15) is 6.10 Å². The number of esters is 1. The highest BCUT2D eigenvalue weighted by atomic mass is 16.5. The van der Waals surface area contributed by atoms with Crippen LogP contribution in [0.5, 0.6) is 0 Å². The molecular weight excluding hydrogens is 666 g/mol. The van der Waals surface area contributed by atoms with Gasteiger partial charge in [0.15, 0.2) is 5.78 Å². The van der Waals surface area contributed by atoms with E-state index in [1.165, 1.54) is 5.57 Å². The molecule has 0 saturated heterocycles. The van der Waals surface area contributed by atoms with E-state index in [1.807, 2.05) is 30.3 Å². The molecule has 10 atom stereocenters. The van der Waals surface area contributed by atoms with Gasteiger partial charge in [0, 0.05) is 23.8 Å². The van der Waals surface area contributed by atoms with Crippen LogP contribution < -0.4 is 5.32 Å². The summed E-state index contributed by atoms with van der Waals surface area (Å²) >= 11 is 0. The predicted molar refractivity (Wildman–Crippen MR) is 206 cm³/mol. The maximum atomic E-state index is 14.1. The second-order valence-corrected chi connectivity index (χ2v) is 20.1. The number of aliphatic hydroxyl groups is 2. The molecule has 0 aromatic heterocycles. The summed E-state index contributed by atoms with van der Waals surface area (Å²) in [4.78, 5) is 38.9. The van der Waals surface area contributed by atoms with E-state index in [1.54, 1.807) is 13.8 Å². The van der Waals surface area contributed by atoms with E-state index in [4.69, 9.17) is 4.74 Å². The lowest BCUT2D eigenvalue weighted by molar-refractivity contribution is -0.235. The van der Waals surface area contributed by atoms with Crippen molar-refractivity contribution in [3.63, 3.8) is 0 Å². The highest BCUT2D eigenvalue weighted by Crippen LogP contribution is 2.77. The fourth-order valence-electron chi connectivity index (χ4n) is 13.3. The first-order valence-electron chi connectivity index (χ1n) is 20.5. The van der Waals surface area contributed by atoms with E-state index in [9.17, 15) is 29.7 Å². The second-order valence-electron chi connectivity index (χ2n) is 20.1. The summed E-state index contributed by atoms with van der Waals surface area (Å²) in [6, 6.07) is 9.56. The molecule has 8 nitrogen and oxygen atoms in total. The summed E-state index contributed by atoms with van der Waals surface area (Å²) in [5.41, 5.74) is 1.17. The number of carboxylic acids is 1. The number of hydrogen-bond donors (Lipinski definition) is 4. The highest BCUT2D eigenvalue weighted by Gasteiger charge is 2.70. The van der Waals surface area contributed by atoms with Crippen LogP contribution in [0.15, 0.2) is 41.5 Å². The first-order valence-corrected chi connectivity index (χ1v) is 20.5. The van der Waals surface area contributed by atoms with Crippen molar-refractivity contribution < 1.29 is 34.4 Å². The number of ether oxygens (including phenoxy) is 1. The Morgan fingerprint density at radius 2 is 1.60 bits per heavy atom. The van der Waals surface area contributed by atoms with E-state index in [0.717, 1.165) is 62.5 Å². The van der Waals surface area contributed by atoms with Gasteiger partial charge in [-0.25, -0.2) is 0 Å². The van der Waals surface area contributed by atoms with Crippen LogP contribution in [0.4, 0.5) is 0 Å². The largest absolute Gasteiger partial charge is 0.481 e. The fourth-order valence-corrected chi connectivity index (χ4v) is 13.3. The summed E-state index contributed by atoms with van der Waals surface area (Å²) in [7, 11) is 0. The molecule has 4 fully saturated rings. The molecule has 5 aliphatic rings. The number of aliphatic hydroxyl groups excluding tert-OH is 2. The molecule has 0 radical (unpaired) electrons. The number of carbonyl (C=O) groups is 3. The zero-order valence-corrected chi connectivity index (χ0v) is 33.9. The molecule has 1 unspecified atom stereocenters. The number of nitrogens with one attached hydrogen (secondary N) is 1. The van der Waals surface area contributed by atoms with Gasteiger partial charge >= 0.3 is 11.9 Å². The SMILES string of the molecule is CC(C)C1=C2[C@H]3CC[C@@H]4[C@@]5(C)CC[C@H](OC(=O)CC(C)(C)C(=O)O)C(C)(C)[C@@H]5CC[C@@]4(C)[C@]3(C)CCC2([C@@H](O)CN[C@@H](CO)c2ccccc2)CC1=O. The smallest absolute Gasteiger partial charge is 0.309 e. The number of allylic oxidation sites excluding steroid dienone is 1. The average Bonchev–Trinajstić information content (AvgIpc) is 3.40. The molecule has 5 aliphatic carbocycles. The number of fused-ring (bicyclic) bond motifs is 7. The van der Waals surface area contributed by atoms with Crippen LogP contribution in [-0.4, -0.2) is 58.4 Å². The molecule has 53 heavy (non-hydrogen) atoms. The van der Waals surface area contributed by atoms with Crippen molar-refractivity contribution in [2.24, 2.45) is 56.2 Å². The molecule has 4 saturated carbocycles. The molecule has 4 N–H and O–H groups in total. The first-order chi connectivity index (χ1) is 24.7. The van der Waals surface area contributed by atoms with Crippen LogP contribution in [0.3, 0.4) is 0 Å². The van der Waals surface area contributed by atoms with E-state index in [-0.39, 0.29) is 64.5 Å². The van der Waals surface area contributed by atoms with Crippen LogP contribution in [-0.2, 0) is 19.1 Å². The topological polar surface area (TPSA) is 133 Å². The molecule has 6 rings (SSSR count). The van der Waals surface area contributed by atoms with Crippen LogP contribution in [0.1, 0.15) is 138 Å². The van der Waals surface area contributed by atoms with Gasteiger partial charge in [0.2, 0.25) is 0 Å². The third-order valence-electron chi connectivity index (χ3n) is 16.4. The maximum Gasteiger partial charge on any atom is 0.309 e. The number of carbonyl (C=O) groups excluding carboxylic acids is 2. The van der Waals surface area contributed by atoms with Crippen LogP contribution in [0, 0.1) is 56.2 Å². The van der Waals surface area contributed by atoms with Gasteiger partial charge in [0.25, 0.3) is 0 Å². The Morgan fingerprint density at radius 1 is 0.925 bits per heavy atom. The summed E-state index contributed by atoms with van der Waals surface area (Å²) in [6.07, 6.45) is 6.81. The van der Waals surface area contributed by atoms with Crippen molar-refractivity contribution >= 4 is 17.7 Å². The van der Waals surface area contributed by atoms with Crippen molar-refractivity contribution in [3.05, 3.63) is 47.0 Å². The number of hydrogen-bond acceptors (Lipinski definition) is 7. The lowest BCUT2D eigenvalue weighted by atomic mass is 9.33. The maximum absolute atomic E-state index is 14.1. The third-order valence-corrected chi connectivity index (χ3v) is 16.4. The fraction of sp³-hybridized carbons (Fsp3) is 0.756. The first kappa shape index (κ1) is 40.1. The van der Waals surface area contributed by atoms with Gasteiger partial charge < -0.3 is 25.4 Å². The van der Waals surface area contributed by atoms with Crippen molar-refractivity contribution in [2.75, 3.05) is 13.2 Å². The second kappa shape index (κ2) is 13.9. The van der Waals surface area contributed by atoms with Gasteiger partial charge in [-0.2, -0.15) is 0 Å². The minimum atomic E-state index is -1.17. The third kappa shape index (κ3) is 6.25. The molecule has 0 aliphatic heterocycles. The summed E-state index contributed by atoms with van der Waals surface area (Å²) in [6.45, 7) is 19.7. The molecule has 0 heterocycles. The molecule has 1 aromatic carbocycles. The molecule has 294 valence electrons. The number of aliphatic carboxylic acids is 1. The minimum Gasteiger partial charge on any atom is -0.481 e. The Kier molecular flexibility index (Phi) is 10.5. The highest BCUT2D eigenvalue weighted by molar-refractivity contribution is 6.00. The van der Waals surface area contributed by atoms with E-state index in [2.05, 4.69) is 53.8 Å². The number of Topliss-reactive ketones (excluding diaryl/α,β-unsaturated/α-hetero) is 1. The standard InChI is InChI=1S/C45H67NO7/c1-27(2)37-31(48)23-45(34(49)25-46-30(26-47)28-13-11-10-12-14-28)22-21-43(8)29(38(37)45)15-16-33-42(7)19-18-35(53-36(50)24-40(3,4)39(51)52)41(5,6)32(42)17-20-44(33,43)9/h10-14,27,29-30,32-35,46-47,49H,15-26H2,1-9H3,(H,51,52)/t29-,30+,32+,33-,34+,35+,42+,43-,44-,45?/m1/s1. The van der Waals surface area contributed by atoms with Gasteiger partial charge in [-0.15, -0.1) is 0 Å². The summed E-state index contributed by atoms with van der Waals surface area (Å²) in [5, 5.41) is 35.6. The normalized spacial score (nSPS) is 37.6. The molecule has 8 heteroatoms. The summed E-state index contributed by atoms with van der Waals surface area (Å²) < 4.78 is 6.16. The van der Waals surface area contributed by atoms with E-state index < -0.39 is 28.9 Å². The number of ketones is 1. The van der Waals surface area contributed by atoms with Gasteiger partial charge in [-0.05, 0) is 116 Å². The van der Waals surface area contributed by atoms with Crippen molar-refractivity contribution in [1.82, 2.24) is 5.32 Å². The number of rotatable bonds is 11. The molecule has 0 bridgehead atoms. The Balaban J connectivity index is 1.27. The van der Waals surface area contributed by atoms with Crippen LogP contribution >= 0.6 is 0 Å².